The third kappa shape index (κ3) is 3.08. The minimum atomic E-state index is -0.421. The molecule has 0 N–H and O–H groups in total. The number of oxazole rings is 1. The first kappa shape index (κ1) is 19.2. The second kappa shape index (κ2) is 6.86. The summed E-state index contributed by atoms with van der Waals surface area (Å²) in [4.78, 5) is 19.8. The molecule has 3 aromatic rings. The van der Waals surface area contributed by atoms with E-state index in [9.17, 15) is 4.79 Å². The van der Waals surface area contributed by atoms with Crippen molar-refractivity contribution in [3.8, 4) is 5.75 Å². The molecule has 5 rings (SSSR count). The molecule has 5 heteroatoms. The zero-order valence-corrected chi connectivity index (χ0v) is 18.1. The van der Waals surface area contributed by atoms with E-state index >= 15 is 0 Å². The molecule has 30 heavy (non-hydrogen) atoms. The number of aryl methyl sites for hydroxylation is 1. The number of ketones is 1. The highest BCUT2D eigenvalue weighted by molar-refractivity contribution is 6.01. The highest BCUT2D eigenvalue weighted by atomic mass is 16.5. The lowest BCUT2D eigenvalue weighted by molar-refractivity contribution is 0.0220. The van der Waals surface area contributed by atoms with Gasteiger partial charge in [0.25, 0.3) is 6.01 Å². The quantitative estimate of drug-likeness (QED) is 0.559. The van der Waals surface area contributed by atoms with Gasteiger partial charge in [-0.3, -0.25) is 4.79 Å². The zero-order valence-electron chi connectivity index (χ0n) is 18.1. The van der Waals surface area contributed by atoms with E-state index in [-0.39, 0.29) is 5.78 Å². The maximum atomic E-state index is 12.9. The van der Waals surface area contributed by atoms with Gasteiger partial charge in [-0.15, -0.1) is 0 Å². The van der Waals surface area contributed by atoms with E-state index in [0.717, 1.165) is 59.5 Å². The molecule has 1 fully saturated rings. The summed E-state index contributed by atoms with van der Waals surface area (Å²) in [6.07, 6.45) is 2.00. The van der Waals surface area contributed by atoms with Crippen LogP contribution in [0.2, 0.25) is 0 Å². The summed E-state index contributed by atoms with van der Waals surface area (Å²) < 4.78 is 12.6. The van der Waals surface area contributed by atoms with E-state index in [4.69, 9.17) is 14.1 Å². The molecule has 0 unspecified atom stereocenters. The second-order valence-corrected chi connectivity index (χ2v) is 9.13. The largest absolute Gasteiger partial charge is 0.486 e. The molecule has 1 aromatic heterocycles. The molecule has 0 radical (unpaired) electrons. The molecule has 0 amide bonds. The van der Waals surface area contributed by atoms with Crippen LogP contribution in [0.15, 0.2) is 34.7 Å². The first-order valence-electron chi connectivity index (χ1n) is 10.8. The number of hydrogen-bond donors (Lipinski definition) is 0. The van der Waals surface area contributed by atoms with Crippen LogP contribution < -0.4 is 9.64 Å². The number of aromatic nitrogens is 1. The van der Waals surface area contributed by atoms with Crippen LogP contribution in [-0.2, 0) is 0 Å². The number of benzene rings is 2. The van der Waals surface area contributed by atoms with Crippen LogP contribution in [0.4, 0.5) is 6.01 Å². The monoisotopic (exact) mass is 404 g/mol. The highest BCUT2D eigenvalue weighted by Gasteiger charge is 2.44. The number of piperidine rings is 1. The van der Waals surface area contributed by atoms with Gasteiger partial charge in [0.1, 0.15) is 16.9 Å². The molecule has 2 aliphatic rings. The predicted molar refractivity (Wildman–Crippen MR) is 118 cm³/mol. The average molecular weight is 405 g/mol. The standard InChI is InChI=1S/C25H28N2O3/c1-15(2)18-6-8-22-20(13-18)26-24(29-22)27-11-9-25(10-12-27)14-21(28)19-7-5-16(3)17(4)23(19)30-25/h5-8,13,15H,9-12,14H2,1-4H3. The van der Waals surface area contributed by atoms with Crippen molar-refractivity contribution in [2.24, 2.45) is 0 Å². The Morgan fingerprint density at radius 1 is 1.10 bits per heavy atom. The van der Waals surface area contributed by atoms with Crippen LogP contribution in [0.25, 0.3) is 11.1 Å². The molecule has 0 saturated carbocycles. The molecular weight excluding hydrogens is 376 g/mol. The number of hydrogen-bond acceptors (Lipinski definition) is 5. The first-order chi connectivity index (χ1) is 14.3. The number of fused-ring (bicyclic) bond motifs is 2. The third-order valence-corrected chi connectivity index (χ3v) is 6.79. The Balaban J connectivity index is 1.37. The molecule has 0 atom stereocenters. The molecule has 5 nitrogen and oxygen atoms in total. The van der Waals surface area contributed by atoms with Gasteiger partial charge in [0.2, 0.25) is 0 Å². The first-order valence-corrected chi connectivity index (χ1v) is 10.8. The SMILES string of the molecule is Cc1ccc2c(c1C)OC1(CCN(c3nc4cc(C(C)C)ccc4o3)CC1)CC2=O. The van der Waals surface area contributed by atoms with E-state index in [0.29, 0.717) is 18.4 Å². The predicted octanol–water partition coefficient (Wildman–Crippen LogP) is 5.57. The van der Waals surface area contributed by atoms with Gasteiger partial charge >= 0.3 is 0 Å². The number of carbonyl (C=O) groups excluding carboxylic acids is 1. The normalized spacial score (nSPS) is 18.2. The number of rotatable bonds is 2. The molecule has 2 aliphatic heterocycles. The molecule has 2 aromatic carbocycles. The minimum absolute atomic E-state index is 0.191. The third-order valence-electron chi connectivity index (χ3n) is 6.79. The number of nitrogens with zero attached hydrogens (tertiary/aromatic N) is 2. The Morgan fingerprint density at radius 2 is 1.87 bits per heavy atom. The second-order valence-electron chi connectivity index (χ2n) is 9.13. The van der Waals surface area contributed by atoms with Crippen LogP contribution in [-0.4, -0.2) is 29.5 Å². The fourth-order valence-corrected chi connectivity index (χ4v) is 4.59. The zero-order chi connectivity index (χ0) is 21.0. The Hall–Kier alpha value is -2.82. The van der Waals surface area contributed by atoms with E-state index < -0.39 is 5.60 Å². The lowest BCUT2D eigenvalue weighted by atomic mass is 9.81. The average Bonchev–Trinajstić information content (AvgIpc) is 3.15. The summed E-state index contributed by atoms with van der Waals surface area (Å²) in [6.45, 7) is 9.98. The fourth-order valence-electron chi connectivity index (χ4n) is 4.59. The van der Waals surface area contributed by atoms with Crippen molar-refractivity contribution in [3.63, 3.8) is 0 Å². The maximum Gasteiger partial charge on any atom is 0.298 e. The van der Waals surface area contributed by atoms with Crippen molar-refractivity contribution in [1.29, 1.82) is 0 Å². The maximum absolute atomic E-state index is 12.9. The minimum Gasteiger partial charge on any atom is -0.486 e. The molecule has 156 valence electrons. The summed E-state index contributed by atoms with van der Waals surface area (Å²) in [7, 11) is 0. The van der Waals surface area contributed by atoms with Gasteiger partial charge in [-0.1, -0.05) is 26.0 Å². The van der Waals surface area contributed by atoms with E-state index in [1.54, 1.807) is 0 Å². The van der Waals surface area contributed by atoms with Crippen LogP contribution in [0.3, 0.4) is 0 Å². The number of anilines is 1. The van der Waals surface area contributed by atoms with Crippen molar-refractivity contribution in [2.75, 3.05) is 18.0 Å². The van der Waals surface area contributed by atoms with Gasteiger partial charge in [-0.05, 0) is 54.7 Å². The molecular formula is C25H28N2O3. The Morgan fingerprint density at radius 3 is 2.60 bits per heavy atom. The number of carbonyl (C=O) groups is 1. The van der Waals surface area contributed by atoms with Gasteiger partial charge in [-0.2, -0.15) is 4.98 Å². The lowest BCUT2D eigenvalue weighted by Crippen LogP contribution is -2.51. The van der Waals surface area contributed by atoms with Crippen molar-refractivity contribution in [3.05, 3.63) is 52.6 Å². The van der Waals surface area contributed by atoms with E-state index in [1.807, 2.05) is 25.1 Å². The van der Waals surface area contributed by atoms with Gasteiger partial charge in [0.05, 0.1) is 12.0 Å². The summed E-state index contributed by atoms with van der Waals surface area (Å²) in [5, 5.41) is 0. The van der Waals surface area contributed by atoms with Crippen molar-refractivity contribution in [2.45, 2.75) is 58.5 Å². The van der Waals surface area contributed by atoms with Crippen molar-refractivity contribution in [1.82, 2.24) is 4.98 Å². The smallest absolute Gasteiger partial charge is 0.298 e. The summed E-state index contributed by atoms with van der Waals surface area (Å²) in [5.41, 5.74) is 5.52. The van der Waals surface area contributed by atoms with Gasteiger partial charge in [-0.25, -0.2) is 0 Å². The number of ether oxygens (including phenoxy) is 1. The van der Waals surface area contributed by atoms with Crippen LogP contribution >= 0.6 is 0 Å². The van der Waals surface area contributed by atoms with Crippen LogP contribution in [0.5, 0.6) is 5.75 Å². The van der Waals surface area contributed by atoms with Gasteiger partial charge < -0.3 is 14.1 Å². The van der Waals surface area contributed by atoms with Crippen LogP contribution in [0, 0.1) is 13.8 Å². The molecule has 3 heterocycles. The van der Waals surface area contributed by atoms with Crippen molar-refractivity contribution < 1.29 is 13.9 Å². The lowest BCUT2D eigenvalue weighted by Gasteiger charge is -2.44. The van der Waals surface area contributed by atoms with E-state index in [2.05, 4.69) is 37.8 Å². The van der Waals surface area contributed by atoms with Gasteiger partial charge in [0.15, 0.2) is 11.4 Å². The summed E-state index contributed by atoms with van der Waals surface area (Å²) >= 11 is 0. The molecule has 1 saturated heterocycles. The highest BCUT2D eigenvalue weighted by Crippen LogP contribution is 2.42. The van der Waals surface area contributed by atoms with Crippen molar-refractivity contribution >= 4 is 22.9 Å². The summed E-state index contributed by atoms with van der Waals surface area (Å²) in [6, 6.07) is 10.8. The molecule has 0 bridgehead atoms. The summed E-state index contributed by atoms with van der Waals surface area (Å²) in [5.74, 6) is 1.43. The van der Waals surface area contributed by atoms with Gasteiger partial charge in [0, 0.05) is 25.9 Å². The van der Waals surface area contributed by atoms with Crippen LogP contribution in [0.1, 0.15) is 66.1 Å². The topological polar surface area (TPSA) is 55.6 Å². The fraction of sp³-hybridized carbons (Fsp3) is 0.440. The Bertz CT molecular complexity index is 1140. The molecule has 1 spiro atoms. The Kier molecular flexibility index (Phi) is 4.38. The Labute approximate surface area is 177 Å². The number of Topliss-reactive ketones (excluding diaryl/α,β-unsaturated/α-hetero) is 1. The molecule has 0 aliphatic carbocycles. The van der Waals surface area contributed by atoms with E-state index in [1.165, 1.54) is 5.56 Å².